The molecule has 1 rings (SSSR count). The third-order valence-electron chi connectivity index (χ3n) is 3.81. The van der Waals surface area contributed by atoms with Crippen molar-refractivity contribution in [2.45, 2.75) is 44.2 Å². The summed E-state index contributed by atoms with van der Waals surface area (Å²) in [6.07, 6.45) is 3.46. The molecule has 0 aliphatic carbocycles. The minimum absolute atomic E-state index is 0. The molecular formula is C18H31IN4OS. The van der Waals surface area contributed by atoms with Crippen LogP contribution < -0.4 is 10.6 Å². The van der Waals surface area contributed by atoms with E-state index < -0.39 is 0 Å². The van der Waals surface area contributed by atoms with Crippen LogP contribution in [0.4, 0.5) is 0 Å². The van der Waals surface area contributed by atoms with Gasteiger partial charge in [0.1, 0.15) is 0 Å². The highest BCUT2D eigenvalue weighted by Crippen LogP contribution is 2.15. The maximum atomic E-state index is 11.8. The second-order valence-corrected chi connectivity index (χ2v) is 6.68. The van der Waals surface area contributed by atoms with Gasteiger partial charge in [-0.05, 0) is 37.3 Å². The van der Waals surface area contributed by atoms with Crippen molar-refractivity contribution in [3.05, 3.63) is 29.8 Å². The molecule has 1 atom stereocenters. The van der Waals surface area contributed by atoms with E-state index in [2.05, 4.69) is 58.0 Å². The Bertz CT molecular complexity index is 536. The van der Waals surface area contributed by atoms with Crippen LogP contribution in [0.5, 0.6) is 0 Å². The molecule has 5 nitrogen and oxygen atoms in total. The van der Waals surface area contributed by atoms with E-state index in [1.54, 1.807) is 18.8 Å². The van der Waals surface area contributed by atoms with Crippen molar-refractivity contribution < 1.29 is 4.79 Å². The lowest BCUT2D eigenvalue weighted by Gasteiger charge is -2.22. The third-order valence-corrected chi connectivity index (χ3v) is 4.55. The molecule has 1 aromatic carbocycles. The molecule has 0 aliphatic rings. The Hall–Kier alpha value is -0.960. The highest BCUT2D eigenvalue weighted by atomic mass is 127. The van der Waals surface area contributed by atoms with Crippen molar-refractivity contribution in [1.82, 2.24) is 15.5 Å². The van der Waals surface area contributed by atoms with Crippen LogP contribution in [0.25, 0.3) is 0 Å². The van der Waals surface area contributed by atoms with Gasteiger partial charge in [-0.3, -0.25) is 9.79 Å². The minimum atomic E-state index is 0. The van der Waals surface area contributed by atoms with Crippen molar-refractivity contribution >= 4 is 47.6 Å². The van der Waals surface area contributed by atoms with E-state index in [1.165, 1.54) is 10.5 Å². The summed E-state index contributed by atoms with van der Waals surface area (Å²) in [5.41, 5.74) is 1.23. The Morgan fingerprint density at radius 2 is 1.96 bits per heavy atom. The van der Waals surface area contributed by atoms with E-state index in [1.807, 2.05) is 14.0 Å². The van der Waals surface area contributed by atoms with Crippen molar-refractivity contribution in [3.8, 4) is 0 Å². The number of amides is 1. The number of aliphatic imine (C=N–C) groups is 1. The molecule has 0 aromatic heterocycles. The zero-order valence-electron chi connectivity index (χ0n) is 15.8. The summed E-state index contributed by atoms with van der Waals surface area (Å²) in [6.45, 7) is 5.42. The van der Waals surface area contributed by atoms with Gasteiger partial charge in [-0.25, -0.2) is 0 Å². The molecule has 1 amide bonds. The topological polar surface area (TPSA) is 56.7 Å². The zero-order chi connectivity index (χ0) is 17.9. The molecule has 2 N–H and O–H groups in total. The number of rotatable bonds is 8. The summed E-state index contributed by atoms with van der Waals surface area (Å²) in [5, 5.41) is 6.21. The minimum Gasteiger partial charge on any atom is -0.356 e. The number of halogens is 1. The van der Waals surface area contributed by atoms with Crippen LogP contribution in [-0.2, 0) is 11.3 Å². The van der Waals surface area contributed by atoms with E-state index in [4.69, 9.17) is 0 Å². The van der Waals surface area contributed by atoms with E-state index in [0.29, 0.717) is 13.0 Å². The van der Waals surface area contributed by atoms with Crippen LogP contribution in [-0.4, -0.2) is 49.7 Å². The van der Waals surface area contributed by atoms with Gasteiger partial charge in [0.15, 0.2) is 5.96 Å². The number of benzene rings is 1. The molecule has 0 bridgehead atoms. The van der Waals surface area contributed by atoms with Gasteiger partial charge in [-0.15, -0.1) is 35.7 Å². The van der Waals surface area contributed by atoms with Gasteiger partial charge in [-0.2, -0.15) is 0 Å². The Morgan fingerprint density at radius 1 is 1.32 bits per heavy atom. The second kappa shape index (κ2) is 13.3. The number of hydrogen-bond donors (Lipinski definition) is 2. The van der Waals surface area contributed by atoms with Crippen LogP contribution in [0.3, 0.4) is 0 Å². The molecule has 0 radical (unpaired) electrons. The molecule has 1 unspecified atom stereocenters. The fourth-order valence-electron chi connectivity index (χ4n) is 2.20. The highest BCUT2D eigenvalue weighted by Gasteiger charge is 2.09. The maximum Gasteiger partial charge on any atom is 0.221 e. The van der Waals surface area contributed by atoms with Gasteiger partial charge in [0.05, 0.1) is 0 Å². The van der Waals surface area contributed by atoms with Crippen LogP contribution >= 0.6 is 35.7 Å². The first-order valence-corrected chi connectivity index (χ1v) is 9.56. The SMILES string of the molecule is CCC(C)NC(=O)CCNC(=NC)N(C)Cc1ccc(SC)cc1.I. The number of guanidine groups is 1. The molecular weight excluding hydrogens is 447 g/mol. The molecule has 7 heteroatoms. The van der Waals surface area contributed by atoms with Gasteiger partial charge in [0, 0.05) is 44.5 Å². The fourth-order valence-corrected chi connectivity index (χ4v) is 2.61. The largest absolute Gasteiger partial charge is 0.356 e. The van der Waals surface area contributed by atoms with E-state index in [9.17, 15) is 4.79 Å². The number of thioether (sulfide) groups is 1. The maximum absolute atomic E-state index is 11.8. The molecule has 1 aromatic rings. The summed E-state index contributed by atoms with van der Waals surface area (Å²) in [6, 6.07) is 8.75. The summed E-state index contributed by atoms with van der Waals surface area (Å²) in [7, 11) is 3.76. The van der Waals surface area contributed by atoms with Crippen LogP contribution in [0.2, 0.25) is 0 Å². The van der Waals surface area contributed by atoms with Gasteiger partial charge >= 0.3 is 0 Å². The molecule has 0 fully saturated rings. The second-order valence-electron chi connectivity index (χ2n) is 5.80. The van der Waals surface area contributed by atoms with E-state index >= 15 is 0 Å². The van der Waals surface area contributed by atoms with Crippen molar-refractivity contribution in [1.29, 1.82) is 0 Å². The van der Waals surface area contributed by atoms with Gasteiger partial charge < -0.3 is 15.5 Å². The van der Waals surface area contributed by atoms with Gasteiger partial charge in [0.2, 0.25) is 5.91 Å². The summed E-state index contributed by atoms with van der Waals surface area (Å²) in [5.74, 6) is 0.864. The molecule has 0 aliphatic heterocycles. The van der Waals surface area contributed by atoms with E-state index in [0.717, 1.165) is 18.9 Å². The predicted octanol–water partition coefficient (Wildman–Crippen LogP) is 3.34. The molecule has 0 saturated carbocycles. The lowest BCUT2D eigenvalue weighted by atomic mass is 10.2. The Morgan fingerprint density at radius 3 is 2.48 bits per heavy atom. The van der Waals surface area contributed by atoms with Gasteiger partial charge in [-0.1, -0.05) is 19.1 Å². The summed E-state index contributed by atoms with van der Waals surface area (Å²) < 4.78 is 0. The van der Waals surface area contributed by atoms with Crippen LogP contribution in [0, 0.1) is 0 Å². The average molecular weight is 478 g/mol. The third kappa shape index (κ3) is 9.34. The lowest BCUT2D eigenvalue weighted by molar-refractivity contribution is -0.121. The average Bonchev–Trinajstić information content (AvgIpc) is 2.59. The van der Waals surface area contributed by atoms with Gasteiger partial charge in [0.25, 0.3) is 0 Å². The van der Waals surface area contributed by atoms with Crippen LogP contribution in [0.15, 0.2) is 34.2 Å². The number of nitrogens with one attached hydrogen (secondary N) is 2. The quantitative estimate of drug-likeness (QED) is 0.261. The summed E-state index contributed by atoms with van der Waals surface area (Å²) in [4.78, 5) is 19.4. The van der Waals surface area contributed by atoms with Crippen molar-refractivity contribution in [3.63, 3.8) is 0 Å². The fraction of sp³-hybridized carbons (Fsp3) is 0.556. The Labute approximate surface area is 173 Å². The number of hydrogen-bond acceptors (Lipinski definition) is 3. The lowest BCUT2D eigenvalue weighted by Crippen LogP contribution is -2.41. The Kier molecular flexibility index (Phi) is 12.8. The first-order chi connectivity index (χ1) is 11.5. The Balaban J connectivity index is 0.00000576. The standard InChI is InChI=1S/C18H30N4OS.HI/c1-6-14(2)21-17(23)11-12-20-18(19-3)22(4)13-15-7-9-16(24-5)10-8-15;/h7-10,14H,6,11-13H2,1-5H3,(H,19,20)(H,21,23);1H. The molecule has 0 spiro atoms. The normalized spacial score (nSPS) is 12.1. The first kappa shape index (κ1) is 24.0. The van der Waals surface area contributed by atoms with Crippen LogP contribution in [0.1, 0.15) is 32.3 Å². The number of nitrogens with zero attached hydrogens (tertiary/aromatic N) is 2. The molecule has 25 heavy (non-hydrogen) atoms. The molecule has 0 saturated heterocycles. The predicted molar refractivity (Wildman–Crippen MR) is 119 cm³/mol. The smallest absolute Gasteiger partial charge is 0.221 e. The van der Waals surface area contributed by atoms with Crippen molar-refractivity contribution in [2.75, 3.05) is 26.9 Å². The summed E-state index contributed by atoms with van der Waals surface area (Å²) >= 11 is 1.74. The zero-order valence-corrected chi connectivity index (χ0v) is 19.0. The first-order valence-electron chi connectivity index (χ1n) is 8.34. The monoisotopic (exact) mass is 478 g/mol. The molecule has 142 valence electrons. The van der Waals surface area contributed by atoms with E-state index in [-0.39, 0.29) is 35.9 Å². The molecule has 0 heterocycles. The number of carbonyl (C=O) groups is 1. The van der Waals surface area contributed by atoms with Crippen molar-refractivity contribution in [2.24, 2.45) is 4.99 Å². The highest BCUT2D eigenvalue weighted by molar-refractivity contribution is 14.0. The number of carbonyl (C=O) groups excluding carboxylic acids is 1.